The van der Waals surface area contributed by atoms with Crippen LogP contribution in [0.15, 0.2) is 66.2 Å². The molecule has 6 nitrogen and oxygen atoms in total. The Bertz CT molecular complexity index is 1260. The number of methoxy groups -OCH3 is 1. The van der Waals surface area contributed by atoms with Crippen molar-refractivity contribution in [3.8, 4) is 11.1 Å². The first kappa shape index (κ1) is 20.2. The molecule has 0 atom stereocenters. The summed E-state index contributed by atoms with van der Waals surface area (Å²) in [6.45, 7) is 1.83. The molecule has 0 radical (unpaired) electrons. The SMILES string of the molecule is COC(=O)c1c(C)cc2c(c1-c1ccccc1)C(=O)/C(=C/c1cccc([N+](=O)[O-])c1)C2. The van der Waals surface area contributed by atoms with Gasteiger partial charge in [0.05, 0.1) is 17.6 Å². The average Bonchev–Trinajstić information content (AvgIpc) is 3.07. The van der Waals surface area contributed by atoms with E-state index in [2.05, 4.69) is 0 Å². The first-order chi connectivity index (χ1) is 14.9. The molecule has 3 aromatic rings. The third-order valence-electron chi connectivity index (χ3n) is 5.38. The van der Waals surface area contributed by atoms with Crippen molar-refractivity contribution in [1.29, 1.82) is 0 Å². The smallest absolute Gasteiger partial charge is 0.338 e. The highest BCUT2D eigenvalue weighted by atomic mass is 16.6. The number of fused-ring (bicyclic) bond motifs is 1. The van der Waals surface area contributed by atoms with Gasteiger partial charge >= 0.3 is 5.97 Å². The van der Waals surface area contributed by atoms with E-state index in [1.807, 2.05) is 43.3 Å². The number of ether oxygens (including phenoxy) is 1. The fourth-order valence-electron chi connectivity index (χ4n) is 4.04. The second-order valence-electron chi connectivity index (χ2n) is 7.36. The molecule has 0 heterocycles. The van der Waals surface area contributed by atoms with E-state index in [4.69, 9.17) is 4.74 Å². The largest absolute Gasteiger partial charge is 0.465 e. The van der Waals surface area contributed by atoms with Gasteiger partial charge in [-0.05, 0) is 35.3 Å². The third-order valence-corrected chi connectivity index (χ3v) is 5.38. The molecule has 0 unspecified atom stereocenters. The van der Waals surface area contributed by atoms with E-state index in [1.165, 1.54) is 19.2 Å². The predicted molar refractivity (Wildman–Crippen MR) is 117 cm³/mol. The van der Waals surface area contributed by atoms with E-state index < -0.39 is 10.9 Å². The van der Waals surface area contributed by atoms with Gasteiger partial charge in [0.2, 0.25) is 0 Å². The lowest BCUT2D eigenvalue weighted by atomic mass is 9.88. The molecule has 1 aliphatic carbocycles. The van der Waals surface area contributed by atoms with Crippen molar-refractivity contribution < 1.29 is 19.2 Å². The van der Waals surface area contributed by atoms with Crippen molar-refractivity contribution >= 4 is 23.5 Å². The summed E-state index contributed by atoms with van der Waals surface area (Å²) in [4.78, 5) is 36.6. The third kappa shape index (κ3) is 3.64. The number of nitrogens with zero attached hydrogens (tertiary/aromatic N) is 1. The maximum absolute atomic E-state index is 13.4. The molecule has 0 spiro atoms. The van der Waals surface area contributed by atoms with Gasteiger partial charge in [-0.2, -0.15) is 0 Å². The molecule has 0 aromatic heterocycles. The van der Waals surface area contributed by atoms with Crippen molar-refractivity contribution in [2.75, 3.05) is 7.11 Å². The maximum Gasteiger partial charge on any atom is 0.338 e. The summed E-state index contributed by atoms with van der Waals surface area (Å²) in [6, 6.07) is 17.3. The van der Waals surface area contributed by atoms with Crippen LogP contribution < -0.4 is 0 Å². The first-order valence-electron chi connectivity index (χ1n) is 9.70. The Hall–Kier alpha value is -4.06. The van der Waals surface area contributed by atoms with Gasteiger partial charge in [-0.3, -0.25) is 14.9 Å². The number of rotatable bonds is 4. The number of allylic oxidation sites excluding steroid dienone is 1. The van der Waals surface area contributed by atoms with E-state index in [-0.39, 0.29) is 11.5 Å². The van der Waals surface area contributed by atoms with Gasteiger partial charge in [-0.1, -0.05) is 48.5 Å². The molecule has 1 aliphatic rings. The lowest BCUT2D eigenvalue weighted by Crippen LogP contribution is -2.10. The van der Waals surface area contributed by atoms with Crippen LogP contribution in [0.25, 0.3) is 17.2 Å². The van der Waals surface area contributed by atoms with Gasteiger partial charge in [-0.15, -0.1) is 0 Å². The quantitative estimate of drug-likeness (QED) is 0.255. The summed E-state index contributed by atoms with van der Waals surface area (Å²) in [5.74, 6) is -0.687. The minimum Gasteiger partial charge on any atom is -0.465 e. The van der Waals surface area contributed by atoms with E-state index in [9.17, 15) is 19.7 Å². The summed E-state index contributed by atoms with van der Waals surface area (Å²) < 4.78 is 5.00. The van der Waals surface area contributed by atoms with Crippen LogP contribution >= 0.6 is 0 Å². The summed E-state index contributed by atoms with van der Waals surface area (Å²) >= 11 is 0. The Balaban J connectivity index is 1.89. The highest BCUT2D eigenvalue weighted by Crippen LogP contribution is 2.40. The molecule has 4 rings (SSSR count). The summed E-state index contributed by atoms with van der Waals surface area (Å²) in [5, 5.41) is 11.1. The second kappa shape index (κ2) is 7.99. The van der Waals surface area contributed by atoms with Gasteiger partial charge in [0.25, 0.3) is 5.69 Å². The number of carbonyl (C=O) groups excluding carboxylic acids is 2. The number of carbonyl (C=O) groups is 2. The van der Waals surface area contributed by atoms with Crippen LogP contribution in [0.1, 0.15) is 37.4 Å². The van der Waals surface area contributed by atoms with Crippen LogP contribution in [0.3, 0.4) is 0 Å². The summed E-state index contributed by atoms with van der Waals surface area (Å²) in [7, 11) is 1.32. The molecule has 0 aliphatic heterocycles. The lowest BCUT2D eigenvalue weighted by Gasteiger charge is -2.15. The number of nitro benzene ring substituents is 1. The van der Waals surface area contributed by atoms with E-state index in [0.717, 1.165) is 16.7 Å². The molecule has 0 amide bonds. The Labute approximate surface area is 178 Å². The fourth-order valence-corrected chi connectivity index (χ4v) is 4.04. The zero-order valence-corrected chi connectivity index (χ0v) is 17.0. The second-order valence-corrected chi connectivity index (χ2v) is 7.36. The number of aryl methyl sites for hydroxylation is 1. The molecular formula is C25H19NO5. The molecule has 6 heteroatoms. The molecule has 3 aromatic carbocycles. The number of ketones is 1. The molecule has 0 fully saturated rings. The van der Waals surface area contributed by atoms with E-state index in [1.54, 1.807) is 18.2 Å². The number of hydrogen-bond donors (Lipinski definition) is 0. The zero-order chi connectivity index (χ0) is 22.1. The maximum atomic E-state index is 13.4. The molecule has 31 heavy (non-hydrogen) atoms. The standard InChI is InChI=1S/C25H19NO5/c1-15-11-18-14-19(12-16-7-6-10-20(13-16)26(29)30)24(27)23(18)22(21(15)25(28)31-2)17-8-4-3-5-9-17/h3-13H,14H2,1-2H3/b19-12+. The Morgan fingerprint density at radius 3 is 2.48 bits per heavy atom. The minimum atomic E-state index is -0.497. The number of non-ortho nitro benzene ring substituents is 1. The number of Topliss-reactive ketones (excluding diaryl/α,β-unsaturated/α-hetero) is 1. The molecular weight excluding hydrogens is 394 g/mol. The molecule has 0 N–H and O–H groups in total. The molecule has 0 bridgehead atoms. The Morgan fingerprint density at radius 1 is 1.06 bits per heavy atom. The van der Waals surface area contributed by atoms with Crippen LogP contribution in [0.5, 0.6) is 0 Å². The van der Waals surface area contributed by atoms with E-state index in [0.29, 0.717) is 34.2 Å². The highest BCUT2D eigenvalue weighted by molar-refractivity contribution is 6.21. The number of esters is 1. The Morgan fingerprint density at radius 2 is 1.81 bits per heavy atom. The van der Waals surface area contributed by atoms with Crippen LogP contribution in [-0.2, 0) is 11.2 Å². The topological polar surface area (TPSA) is 86.5 Å². The normalized spacial score (nSPS) is 13.9. The van der Waals surface area contributed by atoms with Crippen molar-refractivity contribution in [3.63, 3.8) is 0 Å². The monoisotopic (exact) mass is 413 g/mol. The van der Waals surface area contributed by atoms with Crippen LogP contribution in [-0.4, -0.2) is 23.8 Å². The molecule has 154 valence electrons. The summed E-state index contributed by atoms with van der Waals surface area (Å²) in [6.07, 6.45) is 2.07. The van der Waals surface area contributed by atoms with Crippen molar-refractivity contribution in [2.45, 2.75) is 13.3 Å². The Kier molecular flexibility index (Phi) is 5.21. The zero-order valence-electron chi connectivity index (χ0n) is 17.0. The highest BCUT2D eigenvalue weighted by Gasteiger charge is 2.32. The van der Waals surface area contributed by atoms with Crippen molar-refractivity contribution in [3.05, 3.63) is 104 Å². The van der Waals surface area contributed by atoms with E-state index >= 15 is 0 Å². The van der Waals surface area contributed by atoms with Gasteiger partial charge in [0.1, 0.15) is 0 Å². The van der Waals surface area contributed by atoms with Crippen molar-refractivity contribution in [2.24, 2.45) is 0 Å². The van der Waals surface area contributed by atoms with Gasteiger partial charge in [-0.25, -0.2) is 4.79 Å². The number of benzene rings is 3. The minimum absolute atomic E-state index is 0.0360. The number of hydrogen-bond acceptors (Lipinski definition) is 5. The van der Waals surface area contributed by atoms with Crippen LogP contribution in [0.2, 0.25) is 0 Å². The molecule has 0 saturated carbocycles. The molecule has 0 saturated heterocycles. The van der Waals surface area contributed by atoms with Crippen LogP contribution in [0.4, 0.5) is 5.69 Å². The number of nitro groups is 1. The van der Waals surface area contributed by atoms with Crippen LogP contribution in [0, 0.1) is 17.0 Å². The summed E-state index contributed by atoms with van der Waals surface area (Å²) in [5.41, 5.74) is 4.80. The first-order valence-corrected chi connectivity index (χ1v) is 9.70. The predicted octanol–water partition coefficient (Wildman–Crippen LogP) is 5.18. The average molecular weight is 413 g/mol. The fraction of sp³-hybridized carbons (Fsp3) is 0.120. The van der Waals surface area contributed by atoms with Gasteiger partial charge in [0.15, 0.2) is 5.78 Å². The van der Waals surface area contributed by atoms with Gasteiger partial charge in [0, 0.05) is 35.3 Å². The lowest BCUT2D eigenvalue weighted by molar-refractivity contribution is -0.384. The van der Waals surface area contributed by atoms with Crippen molar-refractivity contribution in [1.82, 2.24) is 0 Å². The van der Waals surface area contributed by atoms with Gasteiger partial charge < -0.3 is 4.74 Å².